The Morgan fingerprint density at radius 3 is 2.48 bits per heavy atom. The molecule has 0 bridgehead atoms. The summed E-state index contributed by atoms with van der Waals surface area (Å²) in [6.07, 6.45) is 1.34. The molecule has 0 aromatic rings. The van der Waals surface area contributed by atoms with Crippen LogP contribution in [0, 0.1) is 28.6 Å². The molecule has 0 aromatic carbocycles. The van der Waals surface area contributed by atoms with Gasteiger partial charge in [-0.2, -0.15) is 0 Å². The fourth-order valence-corrected chi connectivity index (χ4v) is 10.1. The number of hydrogen-bond donors (Lipinski definition) is 4. The average Bonchev–Trinajstić information content (AvgIpc) is 3.43. The van der Waals surface area contributed by atoms with E-state index in [0.717, 1.165) is 11.9 Å². The first-order chi connectivity index (χ1) is 19.8. The highest BCUT2D eigenvalue weighted by Crippen LogP contribution is 2.70. The van der Waals surface area contributed by atoms with E-state index in [-0.39, 0.29) is 37.7 Å². The summed E-state index contributed by atoms with van der Waals surface area (Å²) >= 11 is 0. The summed E-state index contributed by atoms with van der Waals surface area (Å²) < 4.78 is 22.9. The van der Waals surface area contributed by atoms with Gasteiger partial charge in [-0.25, -0.2) is 4.79 Å². The first kappa shape index (κ1) is 30.1. The van der Waals surface area contributed by atoms with Gasteiger partial charge in [0.15, 0.2) is 6.29 Å². The number of ether oxygens (including phenoxy) is 4. The van der Waals surface area contributed by atoms with Gasteiger partial charge in [-0.3, -0.25) is 4.79 Å². The van der Waals surface area contributed by atoms with Crippen LogP contribution in [0.2, 0.25) is 0 Å². The molecule has 5 fully saturated rings. The Morgan fingerprint density at radius 1 is 1.10 bits per heavy atom. The first-order valence-electron chi connectivity index (χ1n) is 15.4. The van der Waals surface area contributed by atoms with E-state index < -0.39 is 76.7 Å². The van der Waals surface area contributed by atoms with Gasteiger partial charge in [0, 0.05) is 43.6 Å². The van der Waals surface area contributed by atoms with Crippen LogP contribution in [0.3, 0.4) is 0 Å². The van der Waals surface area contributed by atoms with Gasteiger partial charge in [-0.1, -0.05) is 6.92 Å². The van der Waals surface area contributed by atoms with Crippen LogP contribution in [0.1, 0.15) is 78.6 Å². The maximum Gasteiger partial charge on any atom is 0.331 e. The van der Waals surface area contributed by atoms with Gasteiger partial charge >= 0.3 is 11.9 Å². The van der Waals surface area contributed by atoms with Crippen molar-refractivity contribution in [3.63, 3.8) is 0 Å². The van der Waals surface area contributed by atoms with Crippen molar-refractivity contribution in [1.29, 1.82) is 0 Å². The smallest absolute Gasteiger partial charge is 0.331 e. The van der Waals surface area contributed by atoms with E-state index in [9.17, 15) is 34.8 Å². The topological polar surface area (TPSA) is 169 Å². The maximum absolute atomic E-state index is 13.1. The van der Waals surface area contributed by atoms with E-state index in [0.29, 0.717) is 38.5 Å². The average molecular weight is 593 g/mol. The molecule has 0 amide bonds. The fourth-order valence-electron chi connectivity index (χ4n) is 10.1. The number of aldehydes is 1. The zero-order valence-electron chi connectivity index (χ0n) is 24.6. The lowest BCUT2D eigenvalue weighted by molar-refractivity contribution is -0.286. The van der Waals surface area contributed by atoms with Gasteiger partial charge in [-0.05, 0) is 62.9 Å². The Morgan fingerprint density at radius 2 is 1.83 bits per heavy atom. The largest absolute Gasteiger partial charge is 0.462 e. The van der Waals surface area contributed by atoms with Crippen molar-refractivity contribution >= 4 is 18.2 Å². The van der Waals surface area contributed by atoms with E-state index >= 15 is 0 Å². The summed E-state index contributed by atoms with van der Waals surface area (Å²) in [4.78, 5) is 37.2. The molecule has 0 radical (unpaired) electrons. The minimum Gasteiger partial charge on any atom is -0.462 e. The normalized spacial score (nSPS) is 51.9. The van der Waals surface area contributed by atoms with Crippen molar-refractivity contribution in [2.24, 2.45) is 28.6 Å². The molecule has 2 heterocycles. The third kappa shape index (κ3) is 4.33. The molecule has 4 aliphatic carbocycles. The number of carbonyl (C=O) groups excluding carboxylic acids is 3. The number of fused-ring (bicyclic) bond motifs is 5. The van der Waals surface area contributed by atoms with Crippen LogP contribution in [0.5, 0.6) is 0 Å². The number of esters is 2. The molecule has 13 atom stereocenters. The van der Waals surface area contributed by atoms with Crippen LogP contribution in [0.25, 0.3) is 0 Å². The second-order valence-electron chi connectivity index (χ2n) is 14.0. The predicted molar refractivity (Wildman–Crippen MR) is 144 cm³/mol. The van der Waals surface area contributed by atoms with Gasteiger partial charge in [0.05, 0.1) is 34.9 Å². The van der Waals surface area contributed by atoms with Crippen molar-refractivity contribution in [2.45, 2.75) is 127 Å². The molecular weight excluding hydrogens is 548 g/mol. The summed E-state index contributed by atoms with van der Waals surface area (Å²) in [5, 5.41) is 45.0. The van der Waals surface area contributed by atoms with E-state index in [1.54, 1.807) is 6.92 Å². The summed E-state index contributed by atoms with van der Waals surface area (Å²) in [7, 11) is 0. The molecule has 11 heteroatoms. The number of hydrogen-bond acceptors (Lipinski definition) is 11. The second-order valence-corrected chi connectivity index (χ2v) is 14.0. The Kier molecular flexibility index (Phi) is 7.42. The Hall–Kier alpha value is -1.89. The monoisotopic (exact) mass is 592 g/mol. The number of cyclic esters (lactones) is 1. The van der Waals surface area contributed by atoms with Crippen LogP contribution in [-0.4, -0.2) is 93.3 Å². The van der Waals surface area contributed by atoms with Gasteiger partial charge in [0.25, 0.3) is 0 Å². The molecule has 42 heavy (non-hydrogen) atoms. The third-order valence-corrected chi connectivity index (χ3v) is 12.1. The highest BCUT2D eigenvalue weighted by atomic mass is 16.7. The van der Waals surface area contributed by atoms with E-state index in [1.807, 2.05) is 6.92 Å². The van der Waals surface area contributed by atoms with Crippen LogP contribution in [0.4, 0.5) is 0 Å². The Bertz CT molecular complexity index is 1140. The lowest BCUT2D eigenvalue weighted by atomic mass is 9.41. The molecule has 0 aromatic heterocycles. The van der Waals surface area contributed by atoms with Gasteiger partial charge in [0.2, 0.25) is 0 Å². The van der Waals surface area contributed by atoms with Crippen molar-refractivity contribution in [3.05, 3.63) is 11.6 Å². The summed E-state index contributed by atoms with van der Waals surface area (Å²) in [6.45, 7) is 5.10. The SMILES string of the molecule is CC(=O)OC1CC2(O)C3CCC4(O)CC(OC5CC(O)C(O)C(C)O5)CCC4(C=O)C3CCC2(C)C1C1=CC(=O)OC1. The molecule has 1 saturated heterocycles. The summed E-state index contributed by atoms with van der Waals surface area (Å²) in [6, 6.07) is 0. The molecule has 234 valence electrons. The fraction of sp³-hybridized carbons (Fsp3) is 0.839. The zero-order chi connectivity index (χ0) is 30.2. The van der Waals surface area contributed by atoms with Crippen molar-refractivity contribution in [2.75, 3.05) is 6.61 Å². The minimum atomic E-state index is -1.34. The Labute approximate surface area is 245 Å². The van der Waals surface area contributed by atoms with Crippen molar-refractivity contribution in [1.82, 2.24) is 0 Å². The molecule has 0 spiro atoms. The molecule has 6 aliphatic rings. The third-order valence-electron chi connectivity index (χ3n) is 12.1. The molecule has 4 saturated carbocycles. The maximum atomic E-state index is 13.1. The number of carbonyl (C=O) groups is 3. The van der Waals surface area contributed by atoms with Crippen LogP contribution in [0.15, 0.2) is 11.6 Å². The molecule has 4 N–H and O–H groups in total. The molecule has 2 aliphatic heterocycles. The van der Waals surface area contributed by atoms with Crippen LogP contribution in [-0.2, 0) is 33.3 Å². The molecule has 11 nitrogen and oxygen atoms in total. The lowest BCUT2D eigenvalue weighted by Crippen LogP contribution is -2.69. The Balaban J connectivity index is 1.26. The van der Waals surface area contributed by atoms with Gasteiger partial charge in [-0.15, -0.1) is 0 Å². The highest BCUT2D eigenvalue weighted by Gasteiger charge is 2.73. The van der Waals surface area contributed by atoms with E-state index in [4.69, 9.17) is 18.9 Å². The minimum absolute atomic E-state index is 0.0971. The summed E-state index contributed by atoms with van der Waals surface area (Å²) in [5.41, 5.74) is -3.72. The number of rotatable bonds is 5. The van der Waals surface area contributed by atoms with Gasteiger partial charge in [0.1, 0.15) is 25.1 Å². The molecular formula is C31H44O11. The predicted octanol–water partition coefficient (Wildman–Crippen LogP) is 1.32. The van der Waals surface area contributed by atoms with Crippen molar-refractivity contribution < 1.29 is 53.8 Å². The van der Waals surface area contributed by atoms with Crippen LogP contribution < -0.4 is 0 Å². The van der Waals surface area contributed by atoms with Gasteiger partial charge < -0.3 is 44.2 Å². The number of aliphatic hydroxyl groups is 4. The zero-order valence-corrected chi connectivity index (χ0v) is 24.6. The lowest BCUT2D eigenvalue weighted by Gasteiger charge is -2.65. The van der Waals surface area contributed by atoms with Crippen molar-refractivity contribution in [3.8, 4) is 0 Å². The first-order valence-corrected chi connectivity index (χ1v) is 15.4. The second kappa shape index (κ2) is 10.3. The van der Waals surface area contributed by atoms with E-state index in [2.05, 4.69) is 0 Å². The molecule has 13 unspecified atom stereocenters. The van der Waals surface area contributed by atoms with E-state index in [1.165, 1.54) is 13.0 Å². The summed E-state index contributed by atoms with van der Waals surface area (Å²) in [5.74, 6) is -1.91. The van der Waals surface area contributed by atoms with Crippen LogP contribution >= 0.6 is 0 Å². The molecule has 6 rings (SSSR count). The number of aliphatic hydroxyl groups excluding tert-OH is 2. The highest BCUT2D eigenvalue weighted by molar-refractivity contribution is 5.85. The quantitative estimate of drug-likeness (QED) is 0.206. The standard InChI is InChI=1S/C31H44O11/c1-16-27(36)22(34)11-25(40-16)42-19-4-8-29(15-32)20-5-7-28(3)26(18-10-24(35)39-14-18)23(41-17(2)33)13-31(28,38)21(20)6-9-30(29,37)12-19/h10,15-16,19-23,25-27,34,36-38H,4-9,11-14H2,1-3H3.